The predicted octanol–water partition coefficient (Wildman–Crippen LogP) is 1.22. The molecule has 2 aliphatic rings. The molecule has 24 heavy (non-hydrogen) atoms. The van der Waals surface area contributed by atoms with E-state index in [-0.39, 0.29) is 11.7 Å². The Labute approximate surface area is 144 Å². The third-order valence-electron chi connectivity index (χ3n) is 4.84. The van der Waals surface area contributed by atoms with Crippen LogP contribution < -0.4 is 10.2 Å². The number of hydrogen-bond acceptors (Lipinski definition) is 7. The highest BCUT2D eigenvalue weighted by Gasteiger charge is 2.42. The normalized spacial score (nSPS) is 28.0. The molecule has 134 valence electrons. The maximum absolute atomic E-state index is 6.42. The Bertz CT molecular complexity index is 541. The van der Waals surface area contributed by atoms with E-state index in [2.05, 4.69) is 27.1 Å². The van der Waals surface area contributed by atoms with Gasteiger partial charge in [-0.2, -0.15) is 0 Å². The van der Waals surface area contributed by atoms with Gasteiger partial charge in [-0.3, -0.25) is 4.90 Å². The van der Waals surface area contributed by atoms with Crippen molar-refractivity contribution in [2.24, 2.45) is 0 Å². The van der Waals surface area contributed by atoms with Crippen LogP contribution >= 0.6 is 0 Å². The number of anilines is 2. The van der Waals surface area contributed by atoms with E-state index in [1.165, 1.54) is 0 Å². The average Bonchev–Trinajstić information content (AvgIpc) is 2.87. The Kier molecular flexibility index (Phi) is 5.53. The van der Waals surface area contributed by atoms with Crippen LogP contribution in [0.25, 0.3) is 0 Å². The standard InChI is InChI=1S/C17H29N5O2/c1-4-22-7-8-23-12-17(11-22)6-5-14(24-17)10-18-15-9-16(21(2)3)20-13-19-15/h9,13-14H,4-8,10-12H2,1-3H3,(H,18,19,20)/t14-,17+/m1/s1. The summed E-state index contributed by atoms with van der Waals surface area (Å²) in [7, 11) is 3.95. The molecule has 0 aliphatic carbocycles. The van der Waals surface area contributed by atoms with Gasteiger partial charge in [-0.1, -0.05) is 6.92 Å². The van der Waals surface area contributed by atoms with Gasteiger partial charge < -0.3 is 19.7 Å². The SMILES string of the molecule is CCN1CCOC[C@]2(CC[C@H](CNc3cc(N(C)C)ncn3)O2)C1. The molecule has 3 rings (SSSR count). The van der Waals surface area contributed by atoms with Gasteiger partial charge in [-0.15, -0.1) is 0 Å². The van der Waals surface area contributed by atoms with Gasteiger partial charge in [-0.25, -0.2) is 9.97 Å². The summed E-state index contributed by atoms with van der Waals surface area (Å²) in [6, 6.07) is 1.96. The quantitative estimate of drug-likeness (QED) is 0.868. The number of aromatic nitrogens is 2. The first kappa shape index (κ1) is 17.4. The molecule has 0 unspecified atom stereocenters. The zero-order chi connectivity index (χ0) is 17.0. The molecule has 1 spiro atoms. The second-order valence-electron chi connectivity index (χ2n) is 6.92. The average molecular weight is 335 g/mol. The van der Waals surface area contributed by atoms with Crippen molar-refractivity contribution in [3.8, 4) is 0 Å². The van der Waals surface area contributed by atoms with E-state index in [0.717, 1.165) is 57.3 Å². The van der Waals surface area contributed by atoms with E-state index < -0.39 is 0 Å². The molecule has 0 aromatic carbocycles. The van der Waals surface area contributed by atoms with E-state index >= 15 is 0 Å². The second kappa shape index (κ2) is 7.63. The minimum absolute atomic E-state index is 0.140. The summed E-state index contributed by atoms with van der Waals surface area (Å²) in [6.07, 6.45) is 3.90. The molecule has 1 aromatic rings. The van der Waals surface area contributed by atoms with Crippen molar-refractivity contribution >= 4 is 11.6 Å². The Balaban J connectivity index is 1.55. The van der Waals surface area contributed by atoms with Gasteiger partial charge in [0.05, 0.1) is 19.3 Å². The summed E-state index contributed by atoms with van der Waals surface area (Å²) in [5.74, 6) is 1.73. The Morgan fingerprint density at radius 2 is 2.29 bits per heavy atom. The first-order valence-corrected chi connectivity index (χ1v) is 8.81. The Morgan fingerprint density at radius 1 is 1.42 bits per heavy atom. The third kappa shape index (κ3) is 4.15. The number of ether oxygens (including phenoxy) is 2. The lowest BCUT2D eigenvalue weighted by Crippen LogP contribution is -2.44. The molecule has 7 heteroatoms. The zero-order valence-electron chi connectivity index (χ0n) is 15.0. The molecule has 0 radical (unpaired) electrons. The molecule has 1 N–H and O–H groups in total. The van der Waals surface area contributed by atoms with Gasteiger partial charge >= 0.3 is 0 Å². The smallest absolute Gasteiger partial charge is 0.133 e. The molecule has 7 nitrogen and oxygen atoms in total. The maximum Gasteiger partial charge on any atom is 0.133 e. The number of hydrogen-bond donors (Lipinski definition) is 1. The van der Waals surface area contributed by atoms with Gasteiger partial charge in [-0.05, 0) is 19.4 Å². The van der Waals surface area contributed by atoms with Crippen LogP contribution in [0.3, 0.4) is 0 Å². The number of rotatable bonds is 5. The topological polar surface area (TPSA) is 62.8 Å². The lowest BCUT2D eigenvalue weighted by Gasteiger charge is -2.31. The monoisotopic (exact) mass is 335 g/mol. The van der Waals surface area contributed by atoms with Crippen LogP contribution in [0.4, 0.5) is 11.6 Å². The molecule has 0 amide bonds. The summed E-state index contributed by atoms with van der Waals surface area (Å²) >= 11 is 0. The van der Waals surface area contributed by atoms with Crippen LogP contribution in [0.2, 0.25) is 0 Å². The van der Waals surface area contributed by atoms with Gasteiger partial charge in [0.2, 0.25) is 0 Å². The highest BCUT2D eigenvalue weighted by Crippen LogP contribution is 2.33. The molecular weight excluding hydrogens is 306 g/mol. The molecule has 2 atom stereocenters. The highest BCUT2D eigenvalue weighted by atomic mass is 16.6. The molecule has 3 heterocycles. The van der Waals surface area contributed by atoms with Gasteiger partial charge in [0.15, 0.2) is 0 Å². The van der Waals surface area contributed by atoms with E-state index in [0.29, 0.717) is 6.61 Å². The Morgan fingerprint density at radius 3 is 3.08 bits per heavy atom. The van der Waals surface area contributed by atoms with Gasteiger partial charge in [0.1, 0.15) is 23.6 Å². The van der Waals surface area contributed by atoms with Crippen LogP contribution in [0, 0.1) is 0 Å². The largest absolute Gasteiger partial charge is 0.377 e. The van der Waals surface area contributed by atoms with Crippen molar-refractivity contribution in [1.82, 2.24) is 14.9 Å². The third-order valence-corrected chi connectivity index (χ3v) is 4.84. The van der Waals surface area contributed by atoms with Gasteiger partial charge in [0.25, 0.3) is 0 Å². The first-order valence-electron chi connectivity index (χ1n) is 8.81. The van der Waals surface area contributed by atoms with Crippen LogP contribution in [0.15, 0.2) is 12.4 Å². The molecular formula is C17H29N5O2. The van der Waals surface area contributed by atoms with E-state index in [9.17, 15) is 0 Å². The molecule has 2 fully saturated rings. The lowest BCUT2D eigenvalue weighted by atomic mass is 10.00. The summed E-state index contributed by atoms with van der Waals surface area (Å²) in [5, 5.41) is 3.39. The van der Waals surface area contributed by atoms with E-state index in [4.69, 9.17) is 9.47 Å². The molecule has 2 aliphatic heterocycles. The number of nitrogens with zero attached hydrogens (tertiary/aromatic N) is 4. The van der Waals surface area contributed by atoms with Crippen molar-refractivity contribution in [2.75, 3.05) is 63.7 Å². The molecule has 0 saturated carbocycles. The summed E-state index contributed by atoms with van der Waals surface area (Å²) in [5.41, 5.74) is -0.140. The zero-order valence-corrected chi connectivity index (χ0v) is 15.0. The fourth-order valence-electron chi connectivity index (χ4n) is 3.42. The fraction of sp³-hybridized carbons (Fsp3) is 0.765. The highest BCUT2D eigenvalue weighted by molar-refractivity contribution is 5.47. The molecule has 0 bridgehead atoms. The van der Waals surface area contributed by atoms with Crippen molar-refractivity contribution in [1.29, 1.82) is 0 Å². The van der Waals surface area contributed by atoms with Crippen LogP contribution in [0.1, 0.15) is 19.8 Å². The van der Waals surface area contributed by atoms with Gasteiger partial charge in [0, 0.05) is 39.8 Å². The lowest BCUT2D eigenvalue weighted by molar-refractivity contribution is -0.0818. The van der Waals surface area contributed by atoms with Crippen LogP contribution in [-0.4, -0.2) is 80.1 Å². The van der Waals surface area contributed by atoms with E-state index in [1.54, 1.807) is 6.33 Å². The maximum atomic E-state index is 6.42. The Hall–Kier alpha value is -1.44. The van der Waals surface area contributed by atoms with Crippen molar-refractivity contribution in [3.05, 3.63) is 12.4 Å². The van der Waals surface area contributed by atoms with Crippen molar-refractivity contribution in [3.63, 3.8) is 0 Å². The minimum atomic E-state index is -0.140. The first-order chi connectivity index (χ1) is 11.6. The predicted molar refractivity (Wildman–Crippen MR) is 94.6 cm³/mol. The fourth-order valence-corrected chi connectivity index (χ4v) is 3.42. The van der Waals surface area contributed by atoms with Crippen molar-refractivity contribution in [2.45, 2.75) is 31.5 Å². The number of nitrogens with one attached hydrogen (secondary N) is 1. The summed E-state index contributed by atoms with van der Waals surface area (Å²) in [4.78, 5) is 12.9. The summed E-state index contributed by atoms with van der Waals surface area (Å²) < 4.78 is 12.2. The number of likely N-dealkylation sites (N-methyl/N-ethyl adjacent to an activating group) is 1. The minimum Gasteiger partial charge on any atom is -0.377 e. The van der Waals surface area contributed by atoms with Crippen LogP contribution in [-0.2, 0) is 9.47 Å². The second-order valence-corrected chi connectivity index (χ2v) is 6.92. The van der Waals surface area contributed by atoms with Crippen molar-refractivity contribution < 1.29 is 9.47 Å². The molecule has 2 saturated heterocycles. The van der Waals surface area contributed by atoms with E-state index in [1.807, 2.05) is 25.1 Å². The molecule has 1 aromatic heterocycles. The summed E-state index contributed by atoms with van der Waals surface area (Å²) in [6.45, 7) is 7.49. The van der Waals surface area contributed by atoms with Crippen LogP contribution in [0.5, 0.6) is 0 Å².